The minimum Gasteiger partial charge on any atom is -0.324 e. The molecule has 0 aliphatic carbocycles. The largest absolute Gasteiger partial charge is 0.324 e. The number of benzene rings is 1. The molecule has 1 aromatic rings. The molecule has 1 rings (SSSR count). The summed E-state index contributed by atoms with van der Waals surface area (Å²) in [6, 6.07) is 6.57. The Kier molecular flexibility index (Phi) is 4.58. The highest BCUT2D eigenvalue weighted by atomic mass is 35.5. The van der Waals surface area contributed by atoms with Gasteiger partial charge >= 0.3 is 0 Å². The molecule has 0 radical (unpaired) electrons. The second-order valence-electron chi connectivity index (χ2n) is 3.13. The van der Waals surface area contributed by atoms with Crippen molar-refractivity contribution < 1.29 is 8.42 Å². The lowest BCUT2D eigenvalue weighted by Crippen LogP contribution is -2.05. The maximum atomic E-state index is 11.1. The van der Waals surface area contributed by atoms with Gasteiger partial charge in [0.2, 0.25) is 0 Å². The van der Waals surface area contributed by atoms with E-state index < -0.39 is 9.84 Å². The highest BCUT2D eigenvalue weighted by Crippen LogP contribution is 2.13. The Morgan fingerprint density at radius 1 is 1.21 bits per heavy atom. The molecule has 0 aromatic heterocycles. The van der Waals surface area contributed by atoms with Gasteiger partial charge in [-0.05, 0) is 24.6 Å². The number of sulfone groups is 1. The molecule has 0 aliphatic heterocycles. The van der Waals surface area contributed by atoms with Gasteiger partial charge in [-0.15, -0.1) is 12.4 Å². The second kappa shape index (κ2) is 4.77. The summed E-state index contributed by atoms with van der Waals surface area (Å²) in [4.78, 5) is 0.330. The third-order valence-electron chi connectivity index (χ3n) is 1.83. The molecule has 0 bridgehead atoms. The van der Waals surface area contributed by atoms with E-state index in [-0.39, 0.29) is 18.4 Å². The van der Waals surface area contributed by atoms with Crippen LogP contribution in [0.5, 0.6) is 0 Å². The summed E-state index contributed by atoms with van der Waals surface area (Å²) in [5, 5.41) is 0. The Morgan fingerprint density at radius 2 is 1.64 bits per heavy atom. The number of rotatable bonds is 2. The van der Waals surface area contributed by atoms with Gasteiger partial charge in [0.05, 0.1) is 4.90 Å². The lowest BCUT2D eigenvalue weighted by atomic mass is 10.1. The molecule has 0 amide bonds. The van der Waals surface area contributed by atoms with Crippen LogP contribution in [0.4, 0.5) is 0 Å². The average molecular weight is 236 g/mol. The van der Waals surface area contributed by atoms with E-state index >= 15 is 0 Å². The van der Waals surface area contributed by atoms with Crippen LogP contribution in [0.25, 0.3) is 0 Å². The molecule has 1 aromatic carbocycles. The smallest absolute Gasteiger partial charge is 0.175 e. The minimum atomic E-state index is -3.09. The highest BCUT2D eigenvalue weighted by Gasteiger charge is 2.06. The van der Waals surface area contributed by atoms with Gasteiger partial charge in [0.15, 0.2) is 9.84 Å². The molecule has 0 saturated heterocycles. The van der Waals surface area contributed by atoms with E-state index in [4.69, 9.17) is 5.73 Å². The summed E-state index contributed by atoms with van der Waals surface area (Å²) in [5.74, 6) is 0. The first-order chi connectivity index (χ1) is 5.91. The Labute approximate surface area is 90.6 Å². The first kappa shape index (κ1) is 13.4. The van der Waals surface area contributed by atoms with Gasteiger partial charge in [0, 0.05) is 12.3 Å². The van der Waals surface area contributed by atoms with Crippen LogP contribution >= 0.6 is 12.4 Å². The fraction of sp³-hybridized carbons (Fsp3) is 0.333. The average Bonchev–Trinajstić information content (AvgIpc) is 2.03. The van der Waals surface area contributed by atoms with E-state index in [0.717, 1.165) is 5.56 Å². The lowest BCUT2D eigenvalue weighted by molar-refractivity contribution is 0.602. The molecule has 0 fully saturated rings. The van der Waals surface area contributed by atoms with Crippen molar-refractivity contribution in [2.45, 2.75) is 17.9 Å². The summed E-state index contributed by atoms with van der Waals surface area (Å²) in [7, 11) is -3.09. The molecule has 0 spiro atoms. The Hall–Kier alpha value is -0.580. The summed E-state index contributed by atoms with van der Waals surface area (Å²) in [6.07, 6.45) is 1.19. The first-order valence-electron chi connectivity index (χ1n) is 3.97. The molecule has 0 heterocycles. The fourth-order valence-corrected chi connectivity index (χ4v) is 1.65. The van der Waals surface area contributed by atoms with E-state index in [2.05, 4.69) is 0 Å². The zero-order valence-electron chi connectivity index (χ0n) is 8.10. The first-order valence-corrected chi connectivity index (χ1v) is 5.86. The van der Waals surface area contributed by atoms with Gasteiger partial charge in [0.1, 0.15) is 0 Å². The van der Waals surface area contributed by atoms with E-state index in [1.54, 1.807) is 24.3 Å². The molecule has 0 saturated carbocycles. The quantitative estimate of drug-likeness (QED) is 0.846. The van der Waals surface area contributed by atoms with E-state index in [1.807, 2.05) is 6.92 Å². The van der Waals surface area contributed by atoms with Crippen molar-refractivity contribution in [1.82, 2.24) is 0 Å². The number of nitrogens with two attached hydrogens (primary N) is 1. The van der Waals surface area contributed by atoms with Crippen molar-refractivity contribution in [3.63, 3.8) is 0 Å². The second-order valence-corrected chi connectivity index (χ2v) is 5.15. The van der Waals surface area contributed by atoms with Crippen LogP contribution in [0.3, 0.4) is 0 Å². The van der Waals surface area contributed by atoms with Gasteiger partial charge in [0.25, 0.3) is 0 Å². The minimum absolute atomic E-state index is 0. The fourth-order valence-electron chi connectivity index (χ4n) is 1.02. The van der Waals surface area contributed by atoms with Crippen LogP contribution in [-0.4, -0.2) is 14.7 Å². The van der Waals surface area contributed by atoms with Crippen LogP contribution in [0.2, 0.25) is 0 Å². The monoisotopic (exact) mass is 235 g/mol. The lowest BCUT2D eigenvalue weighted by Gasteiger charge is -2.05. The van der Waals surface area contributed by atoms with Crippen LogP contribution in [0, 0.1) is 0 Å². The molecule has 14 heavy (non-hydrogen) atoms. The molecule has 0 aliphatic rings. The highest BCUT2D eigenvalue weighted by molar-refractivity contribution is 7.90. The predicted molar refractivity (Wildman–Crippen MR) is 59.4 cm³/mol. The topological polar surface area (TPSA) is 60.2 Å². The van der Waals surface area contributed by atoms with Crippen LogP contribution < -0.4 is 5.73 Å². The number of hydrogen-bond acceptors (Lipinski definition) is 3. The molecule has 1 atom stereocenters. The molecule has 3 nitrogen and oxygen atoms in total. The SMILES string of the molecule is CC(N)c1ccc(S(C)(=O)=O)cc1.Cl. The molecule has 5 heteroatoms. The van der Waals surface area contributed by atoms with Gasteiger partial charge in [-0.3, -0.25) is 0 Å². The summed E-state index contributed by atoms with van der Waals surface area (Å²) >= 11 is 0. The van der Waals surface area contributed by atoms with Crippen molar-refractivity contribution in [1.29, 1.82) is 0 Å². The third-order valence-corrected chi connectivity index (χ3v) is 2.96. The standard InChI is InChI=1S/C9H13NO2S.ClH/c1-7(10)8-3-5-9(6-4-8)13(2,11)12;/h3-7H,10H2,1-2H3;1H. The summed E-state index contributed by atoms with van der Waals surface area (Å²) in [6.45, 7) is 1.86. The van der Waals surface area contributed by atoms with Gasteiger partial charge < -0.3 is 5.73 Å². The Morgan fingerprint density at radius 3 is 1.93 bits per heavy atom. The zero-order valence-corrected chi connectivity index (χ0v) is 9.73. The predicted octanol–water partition coefficient (Wildman–Crippen LogP) is 1.53. The van der Waals surface area contributed by atoms with E-state index in [1.165, 1.54) is 6.26 Å². The van der Waals surface area contributed by atoms with Crippen LogP contribution in [0.1, 0.15) is 18.5 Å². The molecular formula is C9H14ClNO2S. The number of hydrogen-bond donors (Lipinski definition) is 1. The van der Waals surface area contributed by atoms with E-state index in [0.29, 0.717) is 4.90 Å². The van der Waals surface area contributed by atoms with E-state index in [9.17, 15) is 8.42 Å². The van der Waals surface area contributed by atoms with Crippen molar-refractivity contribution in [2.75, 3.05) is 6.26 Å². The molecule has 1 unspecified atom stereocenters. The van der Waals surface area contributed by atoms with Gasteiger partial charge in [-0.25, -0.2) is 8.42 Å². The molecule has 2 N–H and O–H groups in total. The normalized spacial score (nSPS) is 13.1. The molecular weight excluding hydrogens is 222 g/mol. The summed E-state index contributed by atoms with van der Waals surface area (Å²) < 4.78 is 22.2. The maximum Gasteiger partial charge on any atom is 0.175 e. The van der Waals surface area contributed by atoms with Gasteiger partial charge in [-0.1, -0.05) is 12.1 Å². The van der Waals surface area contributed by atoms with Crippen LogP contribution in [-0.2, 0) is 9.84 Å². The van der Waals surface area contributed by atoms with Gasteiger partial charge in [-0.2, -0.15) is 0 Å². The van der Waals surface area contributed by atoms with Crippen molar-refractivity contribution in [3.8, 4) is 0 Å². The maximum absolute atomic E-state index is 11.1. The van der Waals surface area contributed by atoms with Crippen molar-refractivity contribution in [3.05, 3.63) is 29.8 Å². The Balaban J connectivity index is 0.00000169. The van der Waals surface area contributed by atoms with Crippen molar-refractivity contribution in [2.24, 2.45) is 5.73 Å². The Bertz CT molecular complexity index is 384. The zero-order chi connectivity index (χ0) is 10.1. The summed E-state index contributed by atoms with van der Waals surface area (Å²) in [5.41, 5.74) is 6.56. The van der Waals surface area contributed by atoms with Crippen LogP contribution in [0.15, 0.2) is 29.2 Å². The molecule has 80 valence electrons. The van der Waals surface area contributed by atoms with Crippen molar-refractivity contribution >= 4 is 22.2 Å². The number of halogens is 1. The third kappa shape index (κ3) is 3.29.